The minimum absolute atomic E-state index is 0.129. The molecule has 3 aromatic rings. The Morgan fingerprint density at radius 3 is 2.68 bits per heavy atom. The smallest absolute Gasteiger partial charge is 0.270 e. The highest BCUT2D eigenvalue weighted by Gasteiger charge is 2.19. The quantitative estimate of drug-likeness (QED) is 0.567. The van der Waals surface area contributed by atoms with Crippen molar-refractivity contribution in [2.75, 3.05) is 24.3 Å². The van der Waals surface area contributed by atoms with E-state index in [0.717, 1.165) is 15.8 Å². The molecule has 0 aliphatic rings. The Hall–Kier alpha value is -3.00. The van der Waals surface area contributed by atoms with Crippen LogP contribution in [0.3, 0.4) is 0 Å². The van der Waals surface area contributed by atoms with Crippen LogP contribution >= 0.6 is 11.3 Å². The fourth-order valence-corrected chi connectivity index (χ4v) is 3.45. The number of carbonyl (C=O) groups excluding carboxylic acids is 1. The van der Waals surface area contributed by atoms with Crippen molar-refractivity contribution in [1.29, 1.82) is 0 Å². The molecule has 3 rings (SSSR count). The van der Waals surface area contributed by atoms with Crippen LogP contribution in [0.1, 0.15) is 15.9 Å². The molecular weight excluding hydrogens is 340 g/mol. The number of thiazole rings is 1. The summed E-state index contributed by atoms with van der Waals surface area (Å²) < 4.78 is 0.974. The Bertz CT molecular complexity index is 981. The van der Waals surface area contributed by atoms with Crippen molar-refractivity contribution in [3.63, 3.8) is 0 Å². The summed E-state index contributed by atoms with van der Waals surface area (Å²) in [6.45, 7) is 1.96. The van der Waals surface area contributed by atoms with Gasteiger partial charge in [0, 0.05) is 31.9 Å². The Labute approximate surface area is 148 Å². The molecule has 1 heterocycles. The summed E-state index contributed by atoms with van der Waals surface area (Å²) in [7, 11) is 3.55. The second-order valence-electron chi connectivity index (χ2n) is 5.75. The van der Waals surface area contributed by atoms with Gasteiger partial charge in [-0.2, -0.15) is 0 Å². The van der Waals surface area contributed by atoms with Crippen LogP contribution in [0, 0.1) is 17.0 Å². The number of hydrogen-bond donors (Lipinski definition) is 1. The number of benzene rings is 2. The molecule has 128 valence electrons. The Balaban J connectivity index is 1.97. The minimum Gasteiger partial charge on any atom is -0.377 e. The molecule has 7 nitrogen and oxygen atoms in total. The lowest BCUT2D eigenvalue weighted by Gasteiger charge is -2.16. The summed E-state index contributed by atoms with van der Waals surface area (Å²) in [4.78, 5) is 29.4. The zero-order valence-corrected chi connectivity index (χ0v) is 14.8. The van der Waals surface area contributed by atoms with Gasteiger partial charge in [0.15, 0.2) is 5.13 Å². The number of nitrogens with one attached hydrogen (secondary N) is 1. The van der Waals surface area contributed by atoms with Gasteiger partial charge in [-0.1, -0.05) is 23.5 Å². The maximum absolute atomic E-state index is 12.7. The molecule has 0 bridgehead atoms. The van der Waals surface area contributed by atoms with Gasteiger partial charge in [-0.25, -0.2) is 4.98 Å². The van der Waals surface area contributed by atoms with Gasteiger partial charge in [-0.15, -0.1) is 0 Å². The van der Waals surface area contributed by atoms with E-state index in [0.29, 0.717) is 10.8 Å². The van der Waals surface area contributed by atoms with Gasteiger partial charge in [0.05, 0.1) is 20.7 Å². The fourth-order valence-electron chi connectivity index (χ4n) is 2.51. The van der Waals surface area contributed by atoms with Crippen LogP contribution in [-0.2, 0) is 0 Å². The van der Waals surface area contributed by atoms with Gasteiger partial charge >= 0.3 is 0 Å². The number of amides is 1. The number of rotatable bonds is 4. The molecule has 0 radical (unpaired) electrons. The number of carbonyl (C=O) groups is 1. The van der Waals surface area contributed by atoms with Crippen LogP contribution in [0.4, 0.5) is 16.5 Å². The summed E-state index contributed by atoms with van der Waals surface area (Å²) >= 11 is 1.37. The number of hydrogen-bond acceptors (Lipinski definition) is 6. The van der Waals surface area contributed by atoms with Crippen LogP contribution in [0.25, 0.3) is 10.2 Å². The molecule has 0 spiro atoms. The highest BCUT2D eigenvalue weighted by Crippen LogP contribution is 2.30. The highest BCUT2D eigenvalue weighted by atomic mass is 32.1. The number of fused-ring (bicyclic) bond motifs is 1. The molecule has 2 aromatic carbocycles. The minimum atomic E-state index is -0.517. The molecule has 0 fully saturated rings. The first-order chi connectivity index (χ1) is 11.9. The van der Waals surface area contributed by atoms with Crippen LogP contribution in [0.2, 0.25) is 0 Å². The van der Waals surface area contributed by atoms with E-state index in [1.807, 2.05) is 25.1 Å². The van der Waals surface area contributed by atoms with E-state index in [-0.39, 0.29) is 11.3 Å². The van der Waals surface area contributed by atoms with Crippen molar-refractivity contribution in [3.05, 3.63) is 57.6 Å². The van der Waals surface area contributed by atoms with Gasteiger partial charge in [0.25, 0.3) is 11.6 Å². The van der Waals surface area contributed by atoms with E-state index in [2.05, 4.69) is 10.3 Å². The lowest BCUT2D eigenvalue weighted by atomic mass is 10.1. The maximum atomic E-state index is 12.7. The Morgan fingerprint density at radius 1 is 1.28 bits per heavy atom. The predicted octanol–water partition coefficient (Wildman–Crippen LogP) is 3.83. The van der Waals surface area contributed by atoms with E-state index in [9.17, 15) is 14.9 Å². The number of aromatic nitrogens is 1. The molecule has 0 atom stereocenters. The van der Waals surface area contributed by atoms with Crippen molar-refractivity contribution >= 4 is 44.0 Å². The number of para-hydroxylation sites is 1. The van der Waals surface area contributed by atoms with Crippen molar-refractivity contribution in [2.45, 2.75) is 6.92 Å². The van der Waals surface area contributed by atoms with Crippen molar-refractivity contribution in [3.8, 4) is 0 Å². The molecule has 0 unspecified atom stereocenters. The van der Waals surface area contributed by atoms with Gasteiger partial charge < -0.3 is 4.90 Å². The number of anilines is 2. The first-order valence-corrected chi connectivity index (χ1v) is 8.31. The molecule has 1 aromatic heterocycles. The maximum Gasteiger partial charge on any atom is 0.270 e. The van der Waals surface area contributed by atoms with E-state index in [1.54, 1.807) is 25.1 Å². The van der Waals surface area contributed by atoms with Crippen LogP contribution in [0.5, 0.6) is 0 Å². The average molecular weight is 356 g/mol. The van der Waals surface area contributed by atoms with E-state index in [4.69, 9.17) is 0 Å². The SMILES string of the molecule is Cc1cccc2sc(NC(=O)c3cc([N+](=O)[O-])ccc3N(C)C)nc12. The van der Waals surface area contributed by atoms with Crippen LogP contribution < -0.4 is 10.2 Å². The second kappa shape index (κ2) is 6.48. The molecular formula is C17H16N4O3S. The van der Waals surface area contributed by atoms with Crippen molar-refractivity contribution in [2.24, 2.45) is 0 Å². The lowest BCUT2D eigenvalue weighted by molar-refractivity contribution is -0.384. The van der Waals surface area contributed by atoms with Crippen molar-refractivity contribution in [1.82, 2.24) is 4.98 Å². The number of nitro benzene ring substituents is 1. The topological polar surface area (TPSA) is 88.4 Å². The molecule has 0 saturated carbocycles. The number of nitro groups is 1. The largest absolute Gasteiger partial charge is 0.377 e. The zero-order chi connectivity index (χ0) is 18.1. The van der Waals surface area contributed by atoms with E-state index >= 15 is 0 Å². The van der Waals surface area contributed by atoms with Crippen LogP contribution in [0.15, 0.2) is 36.4 Å². The summed E-state index contributed by atoms with van der Waals surface area (Å²) in [6, 6.07) is 10.1. The molecule has 1 N–H and O–H groups in total. The zero-order valence-electron chi connectivity index (χ0n) is 13.9. The molecule has 0 aliphatic carbocycles. The van der Waals surface area contributed by atoms with E-state index in [1.165, 1.54) is 23.5 Å². The molecule has 0 aliphatic heterocycles. The number of aryl methyl sites for hydroxylation is 1. The first kappa shape index (κ1) is 16.8. The normalized spacial score (nSPS) is 10.7. The van der Waals surface area contributed by atoms with Gasteiger partial charge in [-0.3, -0.25) is 20.2 Å². The Morgan fingerprint density at radius 2 is 2.04 bits per heavy atom. The van der Waals surface area contributed by atoms with Crippen LogP contribution in [-0.4, -0.2) is 29.9 Å². The molecule has 25 heavy (non-hydrogen) atoms. The summed E-state index contributed by atoms with van der Waals surface area (Å²) in [5, 5.41) is 14.2. The number of non-ortho nitro benzene ring substituents is 1. The third-order valence-corrected chi connectivity index (χ3v) is 4.69. The first-order valence-electron chi connectivity index (χ1n) is 7.50. The number of nitrogens with zero attached hydrogens (tertiary/aromatic N) is 3. The average Bonchev–Trinajstić information content (AvgIpc) is 2.98. The third-order valence-electron chi connectivity index (χ3n) is 3.76. The molecule has 1 amide bonds. The van der Waals surface area contributed by atoms with E-state index < -0.39 is 10.8 Å². The lowest BCUT2D eigenvalue weighted by Crippen LogP contribution is -2.18. The summed E-state index contributed by atoms with van der Waals surface area (Å²) in [6.07, 6.45) is 0. The van der Waals surface area contributed by atoms with Gasteiger partial charge in [0.2, 0.25) is 0 Å². The fraction of sp³-hybridized carbons (Fsp3) is 0.176. The monoisotopic (exact) mass is 356 g/mol. The Kier molecular flexibility index (Phi) is 4.37. The standard InChI is InChI=1S/C17H16N4O3S/c1-10-5-4-6-14-15(10)18-17(25-14)19-16(22)12-9-11(21(23)24)7-8-13(12)20(2)3/h4-9H,1-3H3,(H,18,19,22). The highest BCUT2D eigenvalue weighted by molar-refractivity contribution is 7.22. The molecule has 0 saturated heterocycles. The van der Waals surface area contributed by atoms with Gasteiger partial charge in [-0.05, 0) is 24.6 Å². The predicted molar refractivity (Wildman–Crippen MR) is 99.7 cm³/mol. The summed E-state index contributed by atoms with van der Waals surface area (Å²) in [5.41, 5.74) is 2.57. The second-order valence-corrected chi connectivity index (χ2v) is 6.78. The molecule has 8 heteroatoms. The summed E-state index contributed by atoms with van der Waals surface area (Å²) in [5.74, 6) is -0.427. The third kappa shape index (κ3) is 3.29. The van der Waals surface area contributed by atoms with Gasteiger partial charge in [0.1, 0.15) is 0 Å². The van der Waals surface area contributed by atoms with Crippen molar-refractivity contribution < 1.29 is 9.72 Å².